The minimum atomic E-state index is -1.11. The lowest BCUT2D eigenvalue weighted by Crippen LogP contribution is -2.33. The van der Waals surface area contributed by atoms with Crippen LogP contribution in [0.25, 0.3) is 0 Å². The molecule has 1 atom stereocenters. The van der Waals surface area contributed by atoms with Crippen LogP contribution in [0.5, 0.6) is 5.75 Å². The summed E-state index contributed by atoms with van der Waals surface area (Å²) in [6.45, 7) is 1.85. The number of hydrogen-bond acceptors (Lipinski definition) is 4. The van der Waals surface area contributed by atoms with Gasteiger partial charge >= 0.3 is 12.0 Å². The minimum Gasteiger partial charge on any atom is -0.497 e. The maximum absolute atomic E-state index is 11.8. The minimum absolute atomic E-state index is 0.00940. The Labute approximate surface area is 122 Å². The van der Waals surface area contributed by atoms with Crippen LogP contribution in [0.15, 0.2) is 18.2 Å². The smallest absolute Gasteiger partial charge is 0.337 e. The largest absolute Gasteiger partial charge is 0.497 e. The number of amides is 2. The lowest BCUT2D eigenvalue weighted by molar-refractivity contribution is 0.0698. The quantitative estimate of drug-likeness (QED) is 0.765. The Morgan fingerprint density at radius 3 is 2.90 bits per heavy atom. The summed E-state index contributed by atoms with van der Waals surface area (Å²) >= 11 is 0. The van der Waals surface area contributed by atoms with Gasteiger partial charge in [-0.25, -0.2) is 9.59 Å². The third kappa shape index (κ3) is 4.09. The number of methoxy groups -OCH3 is 1. The molecule has 1 aliphatic heterocycles. The molecule has 3 N–H and O–H groups in total. The number of rotatable bonds is 5. The van der Waals surface area contributed by atoms with Crippen LogP contribution in [-0.2, 0) is 4.74 Å². The van der Waals surface area contributed by atoms with Crippen molar-refractivity contribution >= 4 is 17.7 Å². The Balaban J connectivity index is 1.99. The summed E-state index contributed by atoms with van der Waals surface area (Å²) in [5.74, 6) is -0.336. The highest BCUT2D eigenvalue weighted by Gasteiger charge is 2.17. The zero-order chi connectivity index (χ0) is 15.2. The molecule has 1 heterocycles. The maximum atomic E-state index is 11.8. The molecule has 7 heteroatoms. The van der Waals surface area contributed by atoms with E-state index in [9.17, 15) is 9.59 Å². The fourth-order valence-corrected chi connectivity index (χ4v) is 2.09. The molecular formula is C14H18N2O5. The fourth-order valence-electron chi connectivity index (χ4n) is 2.09. The van der Waals surface area contributed by atoms with Gasteiger partial charge in [-0.05, 0) is 18.6 Å². The fraction of sp³-hybridized carbons (Fsp3) is 0.429. The number of anilines is 1. The molecule has 21 heavy (non-hydrogen) atoms. The number of nitrogens with one attached hydrogen (secondary N) is 2. The van der Waals surface area contributed by atoms with Crippen molar-refractivity contribution in [3.05, 3.63) is 23.8 Å². The number of carbonyl (C=O) groups excluding carboxylic acids is 1. The van der Waals surface area contributed by atoms with Crippen molar-refractivity contribution in [2.75, 3.05) is 32.2 Å². The highest BCUT2D eigenvalue weighted by atomic mass is 16.5. The molecule has 0 saturated carbocycles. The van der Waals surface area contributed by atoms with Crippen molar-refractivity contribution in [1.82, 2.24) is 5.32 Å². The standard InChI is InChI=1S/C14H18N2O5/c1-20-10-2-3-11(13(17)18)12(6-10)16-14(19)15-7-9-4-5-21-8-9/h2-3,6,9H,4-5,7-8H2,1H3,(H,17,18)(H2,15,16,19). The Kier molecular flexibility index (Phi) is 4.99. The molecular weight excluding hydrogens is 276 g/mol. The molecule has 0 aliphatic carbocycles. The van der Waals surface area contributed by atoms with Crippen LogP contribution in [0.4, 0.5) is 10.5 Å². The van der Waals surface area contributed by atoms with Gasteiger partial charge in [-0.2, -0.15) is 0 Å². The maximum Gasteiger partial charge on any atom is 0.337 e. The van der Waals surface area contributed by atoms with Gasteiger partial charge in [0.2, 0.25) is 0 Å². The SMILES string of the molecule is COc1ccc(C(=O)O)c(NC(=O)NCC2CCOC2)c1. The molecule has 0 spiro atoms. The average molecular weight is 294 g/mol. The number of hydrogen-bond donors (Lipinski definition) is 3. The molecule has 2 rings (SSSR count). The molecule has 2 amide bonds. The highest BCUT2D eigenvalue weighted by Crippen LogP contribution is 2.22. The van der Waals surface area contributed by atoms with Crippen LogP contribution in [0, 0.1) is 5.92 Å². The van der Waals surface area contributed by atoms with E-state index in [-0.39, 0.29) is 11.3 Å². The van der Waals surface area contributed by atoms with E-state index in [1.54, 1.807) is 0 Å². The van der Waals surface area contributed by atoms with Gasteiger partial charge in [0.15, 0.2) is 0 Å². The molecule has 1 aromatic carbocycles. The molecule has 1 unspecified atom stereocenters. The molecule has 0 bridgehead atoms. The topological polar surface area (TPSA) is 96.9 Å². The van der Waals surface area contributed by atoms with Crippen molar-refractivity contribution in [2.24, 2.45) is 5.92 Å². The van der Waals surface area contributed by atoms with Gasteiger partial charge in [0.1, 0.15) is 5.75 Å². The summed E-state index contributed by atoms with van der Waals surface area (Å²) in [5, 5.41) is 14.4. The molecule has 0 radical (unpaired) electrons. The normalized spacial score (nSPS) is 17.3. The van der Waals surface area contributed by atoms with Crippen LogP contribution < -0.4 is 15.4 Å². The number of aromatic carboxylic acids is 1. The molecule has 1 saturated heterocycles. The second kappa shape index (κ2) is 6.94. The van der Waals surface area contributed by atoms with E-state index in [0.29, 0.717) is 31.4 Å². The van der Waals surface area contributed by atoms with Crippen molar-refractivity contribution in [2.45, 2.75) is 6.42 Å². The zero-order valence-electron chi connectivity index (χ0n) is 11.7. The first-order valence-corrected chi connectivity index (χ1v) is 6.64. The molecule has 114 valence electrons. The molecule has 7 nitrogen and oxygen atoms in total. The van der Waals surface area contributed by atoms with E-state index < -0.39 is 12.0 Å². The van der Waals surface area contributed by atoms with Crippen LogP contribution in [0.2, 0.25) is 0 Å². The summed E-state index contributed by atoms with van der Waals surface area (Å²) in [5.41, 5.74) is 0.206. The Hall–Kier alpha value is -2.28. The number of carboxylic acid groups (broad SMARTS) is 1. The van der Waals surface area contributed by atoms with Crippen LogP contribution in [0.1, 0.15) is 16.8 Å². The van der Waals surface area contributed by atoms with E-state index in [2.05, 4.69) is 10.6 Å². The van der Waals surface area contributed by atoms with E-state index in [0.717, 1.165) is 6.42 Å². The van der Waals surface area contributed by atoms with Crippen molar-refractivity contribution in [3.63, 3.8) is 0 Å². The summed E-state index contributed by atoms with van der Waals surface area (Å²) < 4.78 is 10.3. The average Bonchev–Trinajstić information content (AvgIpc) is 2.98. The van der Waals surface area contributed by atoms with Gasteiger partial charge in [-0.15, -0.1) is 0 Å². The first kappa shape index (κ1) is 15.1. The van der Waals surface area contributed by atoms with Gasteiger partial charge in [-0.3, -0.25) is 0 Å². The summed E-state index contributed by atoms with van der Waals surface area (Å²) in [6, 6.07) is 3.95. The lowest BCUT2D eigenvalue weighted by Gasteiger charge is -2.13. The van der Waals surface area contributed by atoms with Crippen LogP contribution >= 0.6 is 0 Å². The molecule has 1 fully saturated rings. The van der Waals surface area contributed by atoms with Gasteiger partial charge in [-0.1, -0.05) is 0 Å². The second-order valence-electron chi connectivity index (χ2n) is 4.78. The van der Waals surface area contributed by atoms with Crippen molar-refractivity contribution < 1.29 is 24.2 Å². The summed E-state index contributed by atoms with van der Waals surface area (Å²) in [7, 11) is 1.47. The van der Waals surface area contributed by atoms with E-state index in [4.69, 9.17) is 14.6 Å². The van der Waals surface area contributed by atoms with Gasteiger partial charge < -0.3 is 25.2 Å². The van der Waals surface area contributed by atoms with Crippen LogP contribution in [-0.4, -0.2) is 44.0 Å². The van der Waals surface area contributed by atoms with E-state index >= 15 is 0 Å². The number of carbonyl (C=O) groups is 2. The summed E-state index contributed by atoms with van der Waals surface area (Å²) in [6.07, 6.45) is 0.916. The van der Waals surface area contributed by atoms with E-state index in [1.165, 1.54) is 25.3 Å². The third-order valence-corrected chi connectivity index (χ3v) is 3.28. The number of benzene rings is 1. The van der Waals surface area contributed by atoms with Crippen LogP contribution in [0.3, 0.4) is 0 Å². The van der Waals surface area contributed by atoms with Crippen molar-refractivity contribution in [1.29, 1.82) is 0 Å². The van der Waals surface area contributed by atoms with Crippen molar-refractivity contribution in [3.8, 4) is 5.75 Å². The molecule has 1 aromatic rings. The number of ether oxygens (including phenoxy) is 2. The van der Waals surface area contributed by atoms with E-state index in [1.807, 2.05) is 0 Å². The Morgan fingerprint density at radius 1 is 1.48 bits per heavy atom. The Morgan fingerprint density at radius 2 is 2.29 bits per heavy atom. The Bertz CT molecular complexity index is 526. The number of urea groups is 1. The highest BCUT2D eigenvalue weighted by molar-refractivity contribution is 6.00. The summed E-state index contributed by atoms with van der Waals surface area (Å²) in [4.78, 5) is 23.0. The monoisotopic (exact) mass is 294 g/mol. The lowest BCUT2D eigenvalue weighted by atomic mass is 10.1. The van der Waals surface area contributed by atoms with Gasteiger partial charge in [0, 0.05) is 25.1 Å². The predicted molar refractivity (Wildman–Crippen MR) is 75.9 cm³/mol. The molecule has 1 aliphatic rings. The second-order valence-corrected chi connectivity index (χ2v) is 4.78. The first-order chi connectivity index (χ1) is 10.1. The predicted octanol–water partition coefficient (Wildman–Crippen LogP) is 1.55. The first-order valence-electron chi connectivity index (χ1n) is 6.64. The third-order valence-electron chi connectivity index (χ3n) is 3.28. The number of carboxylic acids is 1. The zero-order valence-corrected chi connectivity index (χ0v) is 11.7. The van der Waals surface area contributed by atoms with Gasteiger partial charge in [0.05, 0.1) is 25.0 Å². The molecule has 0 aromatic heterocycles. The van der Waals surface area contributed by atoms with Gasteiger partial charge in [0.25, 0.3) is 0 Å².